The van der Waals surface area contributed by atoms with Gasteiger partial charge in [-0.15, -0.1) is 24.0 Å². The maximum atomic E-state index is 5.12. The van der Waals surface area contributed by atoms with Crippen molar-refractivity contribution in [3.8, 4) is 0 Å². The summed E-state index contributed by atoms with van der Waals surface area (Å²) >= 11 is 0. The van der Waals surface area contributed by atoms with Gasteiger partial charge >= 0.3 is 0 Å². The summed E-state index contributed by atoms with van der Waals surface area (Å²) in [6.07, 6.45) is 6.72. The maximum absolute atomic E-state index is 5.12. The summed E-state index contributed by atoms with van der Waals surface area (Å²) in [6, 6.07) is 1.28. The lowest BCUT2D eigenvalue weighted by molar-refractivity contribution is 0.242. The zero-order valence-electron chi connectivity index (χ0n) is 14.6. The molecule has 1 aromatic rings. The number of nitrogens with one attached hydrogen (secondary N) is 2. The monoisotopic (exact) mass is 448 g/mol. The van der Waals surface area contributed by atoms with Crippen molar-refractivity contribution in [2.24, 2.45) is 4.99 Å². The second kappa shape index (κ2) is 9.55. The maximum Gasteiger partial charge on any atom is 0.248 e. The van der Waals surface area contributed by atoms with Crippen molar-refractivity contribution in [2.45, 2.75) is 64.6 Å². The highest BCUT2D eigenvalue weighted by molar-refractivity contribution is 14.0. The molecule has 3 rings (SSSR count). The number of guanidine groups is 1. The fraction of sp³-hybridized carbons (Fsp3) is 0.812. The van der Waals surface area contributed by atoms with Gasteiger partial charge in [0.15, 0.2) is 11.8 Å². The van der Waals surface area contributed by atoms with E-state index in [1.165, 1.54) is 38.6 Å². The van der Waals surface area contributed by atoms with Gasteiger partial charge in [0, 0.05) is 31.7 Å². The first kappa shape index (κ1) is 19.4. The Morgan fingerprint density at radius 1 is 1.33 bits per heavy atom. The van der Waals surface area contributed by atoms with E-state index in [4.69, 9.17) is 4.52 Å². The molecular formula is C16H29IN6O. The number of aryl methyl sites for hydroxylation is 1. The smallest absolute Gasteiger partial charge is 0.248 e. The Morgan fingerprint density at radius 3 is 2.79 bits per heavy atom. The van der Waals surface area contributed by atoms with E-state index in [1.54, 1.807) is 0 Å². The summed E-state index contributed by atoms with van der Waals surface area (Å²) in [5.41, 5.74) is 0. The summed E-state index contributed by atoms with van der Waals surface area (Å²) in [5, 5.41) is 10.7. The van der Waals surface area contributed by atoms with E-state index in [0.29, 0.717) is 24.3 Å². The second-order valence-electron chi connectivity index (χ2n) is 6.49. The van der Waals surface area contributed by atoms with Crippen molar-refractivity contribution in [3.63, 3.8) is 0 Å². The Balaban J connectivity index is 0.00000208. The largest absolute Gasteiger partial charge is 0.357 e. The van der Waals surface area contributed by atoms with E-state index >= 15 is 0 Å². The van der Waals surface area contributed by atoms with Crippen LogP contribution < -0.4 is 10.6 Å². The first-order chi connectivity index (χ1) is 11.2. The zero-order chi connectivity index (χ0) is 16.1. The molecule has 2 fully saturated rings. The summed E-state index contributed by atoms with van der Waals surface area (Å²) in [7, 11) is 0. The average molecular weight is 448 g/mol. The van der Waals surface area contributed by atoms with Crippen LogP contribution in [0.15, 0.2) is 9.52 Å². The van der Waals surface area contributed by atoms with Crippen molar-refractivity contribution in [3.05, 3.63) is 11.7 Å². The fourth-order valence-electron chi connectivity index (χ4n) is 3.57. The highest BCUT2D eigenvalue weighted by Gasteiger charge is 2.30. The number of nitrogens with zero attached hydrogens (tertiary/aromatic N) is 4. The van der Waals surface area contributed by atoms with Gasteiger partial charge in [-0.2, -0.15) is 4.98 Å². The third-order valence-electron chi connectivity index (χ3n) is 4.69. The van der Waals surface area contributed by atoms with Gasteiger partial charge in [-0.3, -0.25) is 4.90 Å². The highest BCUT2D eigenvalue weighted by atomic mass is 127. The van der Waals surface area contributed by atoms with E-state index < -0.39 is 0 Å². The molecule has 0 amide bonds. The lowest BCUT2D eigenvalue weighted by Crippen LogP contribution is -2.45. The number of likely N-dealkylation sites (tertiary alicyclic amines) is 1. The van der Waals surface area contributed by atoms with Crippen LogP contribution in [0.1, 0.15) is 50.7 Å². The third-order valence-corrected chi connectivity index (χ3v) is 4.69. The minimum Gasteiger partial charge on any atom is -0.357 e. The Hall–Kier alpha value is -0.900. The molecule has 2 N–H and O–H groups in total. The lowest BCUT2D eigenvalue weighted by Gasteiger charge is -2.24. The molecular weight excluding hydrogens is 419 g/mol. The summed E-state index contributed by atoms with van der Waals surface area (Å²) in [6.45, 7) is 7.46. The van der Waals surface area contributed by atoms with E-state index in [0.717, 1.165) is 25.1 Å². The number of hydrogen-bond acceptors (Lipinski definition) is 5. The highest BCUT2D eigenvalue weighted by Crippen LogP contribution is 2.26. The van der Waals surface area contributed by atoms with Gasteiger partial charge in [-0.05, 0) is 33.1 Å². The Morgan fingerprint density at radius 2 is 2.12 bits per heavy atom. The molecule has 1 saturated heterocycles. The van der Waals surface area contributed by atoms with Gasteiger partial charge in [0.1, 0.15) is 6.54 Å². The molecule has 2 aliphatic rings. The minimum absolute atomic E-state index is 0. The summed E-state index contributed by atoms with van der Waals surface area (Å²) < 4.78 is 5.12. The van der Waals surface area contributed by atoms with E-state index in [9.17, 15) is 0 Å². The molecule has 1 aliphatic heterocycles. The van der Waals surface area contributed by atoms with Gasteiger partial charge < -0.3 is 15.2 Å². The van der Waals surface area contributed by atoms with Crippen LogP contribution in [0.3, 0.4) is 0 Å². The SMILES string of the molecule is CCNC(=NCc1nc(C)no1)NC1CCN(C2CCCC2)C1.I. The fourth-order valence-corrected chi connectivity index (χ4v) is 3.57. The molecule has 1 saturated carbocycles. The molecule has 2 heterocycles. The molecule has 7 nitrogen and oxygen atoms in total. The van der Waals surface area contributed by atoms with Crippen LogP contribution in [0.25, 0.3) is 0 Å². The quantitative estimate of drug-likeness (QED) is 0.408. The molecule has 0 bridgehead atoms. The standard InChI is InChI=1S/C16H28N6O.HI/c1-3-17-16(18-10-15-19-12(2)21-23-15)20-13-8-9-22(11-13)14-6-4-5-7-14;/h13-14H,3-11H2,1-2H3,(H2,17,18,20);1H. The Labute approximate surface area is 161 Å². The van der Waals surface area contributed by atoms with Gasteiger partial charge in [0.25, 0.3) is 0 Å². The lowest BCUT2D eigenvalue weighted by atomic mass is 10.2. The normalized spacial score (nSPS) is 22.6. The summed E-state index contributed by atoms with van der Waals surface area (Å²) in [4.78, 5) is 11.4. The van der Waals surface area contributed by atoms with Gasteiger partial charge in [0.05, 0.1) is 0 Å². The van der Waals surface area contributed by atoms with Crippen molar-refractivity contribution in [1.29, 1.82) is 0 Å². The van der Waals surface area contributed by atoms with E-state index in [-0.39, 0.29) is 24.0 Å². The number of halogens is 1. The molecule has 0 radical (unpaired) electrons. The Kier molecular flexibility index (Phi) is 7.73. The summed E-state index contributed by atoms with van der Waals surface area (Å²) in [5.74, 6) is 2.04. The molecule has 0 spiro atoms. The molecule has 0 aromatic carbocycles. The van der Waals surface area contributed by atoms with Crippen molar-refractivity contribution in [2.75, 3.05) is 19.6 Å². The van der Waals surface area contributed by atoms with Crippen LogP contribution in [-0.2, 0) is 6.54 Å². The van der Waals surface area contributed by atoms with Crippen molar-refractivity contribution < 1.29 is 4.52 Å². The number of hydrogen-bond donors (Lipinski definition) is 2. The van der Waals surface area contributed by atoms with Crippen molar-refractivity contribution >= 4 is 29.9 Å². The van der Waals surface area contributed by atoms with Crippen LogP contribution in [0.2, 0.25) is 0 Å². The number of rotatable bonds is 5. The van der Waals surface area contributed by atoms with Gasteiger partial charge in [-0.1, -0.05) is 18.0 Å². The van der Waals surface area contributed by atoms with Crippen LogP contribution in [0.5, 0.6) is 0 Å². The Bertz CT molecular complexity index is 528. The van der Waals surface area contributed by atoms with E-state index in [2.05, 4.69) is 37.6 Å². The van der Waals surface area contributed by atoms with Crippen molar-refractivity contribution in [1.82, 2.24) is 25.7 Å². The predicted octanol–water partition coefficient (Wildman–Crippen LogP) is 2.07. The van der Waals surface area contributed by atoms with Crippen LogP contribution in [0, 0.1) is 6.92 Å². The number of aliphatic imine (C=N–C) groups is 1. The van der Waals surface area contributed by atoms with E-state index in [1.807, 2.05) is 6.92 Å². The number of aromatic nitrogens is 2. The molecule has 1 aromatic heterocycles. The second-order valence-corrected chi connectivity index (χ2v) is 6.49. The van der Waals surface area contributed by atoms with Crippen LogP contribution in [0.4, 0.5) is 0 Å². The zero-order valence-corrected chi connectivity index (χ0v) is 17.0. The van der Waals surface area contributed by atoms with Crippen LogP contribution >= 0.6 is 24.0 Å². The van der Waals surface area contributed by atoms with Gasteiger partial charge in [-0.25, -0.2) is 4.99 Å². The first-order valence-electron chi connectivity index (χ1n) is 8.82. The minimum atomic E-state index is 0. The molecule has 8 heteroatoms. The molecule has 136 valence electrons. The van der Waals surface area contributed by atoms with Crippen LogP contribution in [-0.4, -0.2) is 52.7 Å². The topological polar surface area (TPSA) is 78.6 Å². The third kappa shape index (κ3) is 5.30. The molecule has 1 unspecified atom stereocenters. The first-order valence-corrected chi connectivity index (χ1v) is 8.82. The molecule has 24 heavy (non-hydrogen) atoms. The average Bonchev–Trinajstić information content (AvgIpc) is 3.26. The molecule has 1 atom stereocenters. The van der Waals surface area contributed by atoms with Gasteiger partial charge in [0.2, 0.25) is 5.89 Å². The predicted molar refractivity (Wildman–Crippen MR) is 105 cm³/mol. The molecule has 1 aliphatic carbocycles.